The van der Waals surface area contributed by atoms with E-state index in [0.29, 0.717) is 32.1 Å². The smallest absolute Gasteiger partial charge is 0.323 e. The number of aliphatic carboxylic acids is 1. The second-order valence-electron chi connectivity index (χ2n) is 9.35. The highest BCUT2D eigenvalue weighted by Crippen LogP contribution is 2.31. The molecule has 0 spiro atoms. The molecule has 2 heterocycles. The van der Waals surface area contributed by atoms with E-state index in [-0.39, 0.29) is 24.4 Å². The van der Waals surface area contributed by atoms with Gasteiger partial charge in [0, 0.05) is 25.1 Å². The van der Waals surface area contributed by atoms with Crippen molar-refractivity contribution in [3.8, 4) is 5.75 Å². The third-order valence-corrected chi connectivity index (χ3v) is 6.72. The Labute approximate surface area is 200 Å². The number of carboxylic acids is 1. The van der Waals surface area contributed by atoms with Crippen molar-refractivity contribution in [3.63, 3.8) is 0 Å². The van der Waals surface area contributed by atoms with Gasteiger partial charge < -0.3 is 19.6 Å². The highest BCUT2D eigenvalue weighted by atomic mass is 16.5. The summed E-state index contributed by atoms with van der Waals surface area (Å²) < 4.78 is 5.88. The maximum absolute atomic E-state index is 12.7. The van der Waals surface area contributed by atoms with Crippen molar-refractivity contribution in [2.24, 2.45) is 4.99 Å². The zero-order valence-corrected chi connectivity index (χ0v) is 19.6. The molecule has 2 N–H and O–H groups in total. The van der Waals surface area contributed by atoms with Gasteiger partial charge in [-0.25, -0.2) is 4.99 Å². The molecule has 184 valence electrons. The van der Waals surface area contributed by atoms with Gasteiger partial charge in [0.25, 0.3) is 0 Å². The lowest BCUT2D eigenvalue weighted by atomic mass is 9.93. The molecule has 2 aliphatic heterocycles. The summed E-state index contributed by atoms with van der Waals surface area (Å²) in [6.07, 6.45) is 9.05. The van der Waals surface area contributed by atoms with Gasteiger partial charge in [0.05, 0.1) is 12.3 Å². The quantitative estimate of drug-likeness (QED) is 0.481. The van der Waals surface area contributed by atoms with E-state index in [0.717, 1.165) is 68.4 Å². The van der Waals surface area contributed by atoms with Gasteiger partial charge in [-0.2, -0.15) is 0 Å². The predicted molar refractivity (Wildman–Crippen MR) is 127 cm³/mol. The molecular weight excluding hydrogens is 436 g/mol. The van der Waals surface area contributed by atoms with Gasteiger partial charge in [-0.05, 0) is 37.3 Å². The highest BCUT2D eigenvalue weighted by molar-refractivity contribution is 6.05. The molecule has 3 aliphatic rings. The fourth-order valence-corrected chi connectivity index (χ4v) is 4.94. The van der Waals surface area contributed by atoms with Crippen molar-refractivity contribution in [1.29, 1.82) is 0 Å². The van der Waals surface area contributed by atoms with Crippen LogP contribution in [0, 0.1) is 0 Å². The van der Waals surface area contributed by atoms with Crippen molar-refractivity contribution in [2.45, 2.75) is 76.8 Å². The third kappa shape index (κ3) is 6.27. The Balaban J connectivity index is 1.15. The molecule has 2 fully saturated rings. The molecule has 1 aliphatic carbocycles. The van der Waals surface area contributed by atoms with Gasteiger partial charge in [-0.3, -0.25) is 19.7 Å². The average Bonchev–Trinajstić information content (AvgIpc) is 3.19. The number of benzene rings is 1. The number of hydrogen-bond donors (Lipinski definition) is 2. The first-order valence-corrected chi connectivity index (χ1v) is 12.4. The largest absolute Gasteiger partial charge is 0.494 e. The summed E-state index contributed by atoms with van der Waals surface area (Å²) in [5.41, 5.74) is 1.90. The van der Waals surface area contributed by atoms with Crippen molar-refractivity contribution in [1.82, 2.24) is 15.1 Å². The van der Waals surface area contributed by atoms with E-state index >= 15 is 0 Å². The molecule has 0 radical (unpaired) electrons. The highest BCUT2D eigenvalue weighted by Gasteiger charge is 2.29. The molecule has 1 aromatic carbocycles. The molecule has 1 aromatic rings. The Morgan fingerprint density at radius 3 is 2.71 bits per heavy atom. The SMILES string of the molecule is O=C(O)CN(C(=O)CCCCCCOc1ccc2c(c1)N=C1NC(=O)CN1C2)C1CCCCC1. The van der Waals surface area contributed by atoms with E-state index in [1.54, 1.807) is 4.90 Å². The fourth-order valence-electron chi connectivity index (χ4n) is 4.94. The predicted octanol–water partition coefficient (Wildman–Crippen LogP) is 3.19. The lowest BCUT2D eigenvalue weighted by Gasteiger charge is -2.33. The second kappa shape index (κ2) is 11.4. The number of guanidine groups is 1. The van der Waals surface area contributed by atoms with Gasteiger partial charge in [0.1, 0.15) is 18.8 Å². The number of fused-ring (bicyclic) bond motifs is 2. The van der Waals surface area contributed by atoms with Crippen LogP contribution in [0.15, 0.2) is 23.2 Å². The molecule has 0 unspecified atom stereocenters. The number of carboxylic acid groups (broad SMARTS) is 1. The summed E-state index contributed by atoms with van der Waals surface area (Å²) in [6.45, 7) is 1.41. The number of hydrogen-bond acceptors (Lipinski definition) is 6. The zero-order chi connectivity index (χ0) is 23.9. The minimum absolute atomic E-state index is 0.0294. The Morgan fingerprint density at radius 2 is 1.91 bits per heavy atom. The van der Waals surface area contributed by atoms with Crippen LogP contribution in [0.3, 0.4) is 0 Å². The molecule has 0 atom stereocenters. The lowest BCUT2D eigenvalue weighted by molar-refractivity contribution is -0.146. The second-order valence-corrected chi connectivity index (χ2v) is 9.35. The van der Waals surface area contributed by atoms with E-state index in [1.165, 1.54) is 6.42 Å². The van der Waals surface area contributed by atoms with Gasteiger partial charge in [-0.15, -0.1) is 0 Å². The lowest BCUT2D eigenvalue weighted by Crippen LogP contribution is -2.44. The van der Waals surface area contributed by atoms with Crippen LogP contribution in [0.5, 0.6) is 5.75 Å². The first-order chi connectivity index (χ1) is 16.5. The van der Waals surface area contributed by atoms with Gasteiger partial charge in [0.15, 0.2) is 0 Å². The molecule has 1 saturated carbocycles. The third-order valence-electron chi connectivity index (χ3n) is 6.72. The Hall–Kier alpha value is -3.10. The standard InChI is InChI=1S/C25H34N4O5/c30-22-16-28-15-18-11-12-20(14-21(18)26-25(28)27-22)34-13-7-2-1-6-10-23(31)29(17-24(32)33)19-8-4-3-5-9-19/h11-12,14,19H,1-10,13,15-17H2,(H,32,33)(H,26,27,30). The number of rotatable bonds is 11. The molecule has 9 heteroatoms. The topological polar surface area (TPSA) is 112 Å². The van der Waals surface area contributed by atoms with Crippen LogP contribution in [0.4, 0.5) is 5.69 Å². The van der Waals surface area contributed by atoms with E-state index < -0.39 is 5.97 Å². The maximum atomic E-state index is 12.7. The number of nitrogens with zero attached hydrogens (tertiary/aromatic N) is 3. The first-order valence-electron chi connectivity index (χ1n) is 12.4. The number of unbranched alkanes of at least 4 members (excludes halogenated alkanes) is 3. The minimum atomic E-state index is -0.935. The number of ether oxygens (including phenoxy) is 1. The zero-order valence-electron chi connectivity index (χ0n) is 19.6. The van der Waals surface area contributed by atoms with Crippen LogP contribution in [0.25, 0.3) is 0 Å². The summed E-state index contributed by atoms with van der Waals surface area (Å²) in [5.74, 6) is 0.365. The Bertz CT molecular complexity index is 941. The number of aliphatic imine (C=N–C) groups is 1. The average molecular weight is 471 g/mol. The van der Waals surface area contributed by atoms with E-state index in [1.807, 2.05) is 23.1 Å². The van der Waals surface area contributed by atoms with E-state index in [9.17, 15) is 19.5 Å². The number of nitrogens with one attached hydrogen (secondary N) is 1. The molecule has 0 aromatic heterocycles. The fraction of sp³-hybridized carbons (Fsp3) is 0.600. The Kier molecular flexibility index (Phi) is 8.03. The van der Waals surface area contributed by atoms with Crippen LogP contribution in [-0.2, 0) is 20.9 Å². The normalized spacial score (nSPS) is 17.5. The van der Waals surface area contributed by atoms with Crippen LogP contribution >= 0.6 is 0 Å². The van der Waals surface area contributed by atoms with Crippen molar-refractivity contribution in [3.05, 3.63) is 23.8 Å². The molecule has 34 heavy (non-hydrogen) atoms. The summed E-state index contributed by atoms with van der Waals surface area (Å²) in [4.78, 5) is 43.5. The maximum Gasteiger partial charge on any atom is 0.323 e. The molecule has 1 saturated heterocycles. The minimum Gasteiger partial charge on any atom is -0.494 e. The number of amides is 2. The first kappa shape index (κ1) is 24.0. The summed E-state index contributed by atoms with van der Waals surface area (Å²) in [5, 5.41) is 12.0. The monoisotopic (exact) mass is 470 g/mol. The number of carbonyl (C=O) groups is 3. The molecule has 4 rings (SSSR count). The van der Waals surface area contributed by atoms with E-state index in [4.69, 9.17) is 4.74 Å². The molecule has 2 amide bonds. The molecule has 9 nitrogen and oxygen atoms in total. The van der Waals surface area contributed by atoms with Crippen LogP contribution in [0.2, 0.25) is 0 Å². The summed E-state index contributed by atoms with van der Waals surface area (Å²) in [7, 11) is 0. The van der Waals surface area contributed by atoms with Crippen molar-refractivity contribution in [2.75, 3.05) is 19.7 Å². The van der Waals surface area contributed by atoms with Gasteiger partial charge >= 0.3 is 5.97 Å². The van der Waals surface area contributed by atoms with Crippen LogP contribution in [-0.4, -0.2) is 64.4 Å². The van der Waals surface area contributed by atoms with Gasteiger partial charge in [0.2, 0.25) is 17.8 Å². The number of carbonyl (C=O) groups excluding carboxylic acids is 2. The molecular formula is C25H34N4O5. The summed E-state index contributed by atoms with van der Waals surface area (Å²) in [6, 6.07) is 5.92. The van der Waals surface area contributed by atoms with E-state index in [2.05, 4.69) is 10.3 Å². The summed E-state index contributed by atoms with van der Waals surface area (Å²) >= 11 is 0. The van der Waals surface area contributed by atoms with Crippen molar-refractivity contribution >= 4 is 29.4 Å². The Morgan fingerprint density at radius 1 is 1.12 bits per heavy atom. The van der Waals surface area contributed by atoms with Crippen molar-refractivity contribution < 1.29 is 24.2 Å². The molecule has 0 bridgehead atoms. The van der Waals surface area contributed by atoms with Crippen LogP contribution < -0.4 is 10.1 Å². The van der Waals surface area contributed by atoms with Crippen LogP contribution in [0.1, 0.15) is 69.8 Å². The van der Waals surface area contributed by atoms with Gasteiger partial charge in [-0.1, -0.05) is 38.2 Å².